The maximum atomic E-state index is 14.0. The number of nitrogens with one attached hydrogen (secondary N) is 1. The molecular weight excluding hydrogens is 421 g/mol. The van der Waals surface area contributed by atoms with E-state index in [1.54, 1.807) is 26.0 Å². The number of amides is 1. The van der Waals surface area contributed by atoms with Gasteiger partial charge in [-0.05, 0) is 51.0 Å². The van der Waals surface area contributed by atoms with E-state index in [2.05, 4.69) is 10.4 Å². The standard InChI is InChI=1S/C23H27F3N4O2/c1-5-8-23(4,27)12-28-22(31)20-14(3)29-30-18(20)9-13(2)10-19(30)32-11-15-16(24)6-7-17(25)21(15)26/h6-7,9-10H,5,8,11-12,27H2,1-4H3,(H,28,31). The van der Waals surface area contributed by atoms with Gasteiger partial charge in [0.1, 0.15) is 12.4 Å². The van der Waals surface area contributed by atoms with Crippen LogP contribution in [-0.4, -0.2) is 27.6 Å². The number of halogens is 3. The van der Waals surface area contributed by atoms with Crippen molar-refractivity contribution in [3.05, 3.63) is 64.1 Å². The first-order chi connectivity index (χ1) is 15.0. The minimum atomic E-state index is -1.30. The molecule has 6 nitrogen and oxygen atoms in total. The van der Waals surface area contributed by atoms with Crippen molar-refractivity contribution in [2.75, 3.05) is 6.54 Å². The molecule has 0 radical (unpaired) electrons. The van der Waals surface area contributed by atoms with Crippen LogP contribution in [0.5, 0.6) is 5.88 Å². The van der Waals surface area contributed by atoms with Gasteiger partial charge in [0.25, 0.3) is 5.91 Å². The minimum absolute atomic E-state index is 0.167. The number of nitrogens with two attached hydrogens (primary N) is 1. The summed E-state index contributed by atoms with van der Waals surface area (Å²) in [6, 6.07) is 4.94. The monoisotopic (exact) mass is 448 g/mol. The van der Waals surface area contributed by atoms with Crippen LogP contribution in [0.1, 0.15) is 53.9 Å². The summed E-state index contributed by atoms with van der Waals surface area (Å²) in [4.78, 5) is 12.9. The summed E-state index contributed by atoms with van der Waals surface area (Å²) >= 11 is 0. The zero-order valence-corrected chi connectivity index (χ0v) is 18.6. The average Bonchev–Trinajstić information content (AvgIpc) is 3.05. The molecule has 0 aliphatic rings. The molecule has 9 heteroatoms. The highest BCUT2D eigenvalue weighted by Gasteiger charge is 2.23. The Hall–Kier alpha value is -3.07. The lowest BCUT2D eigenvalue weighted by atomic mass is 9.97. The highest BCUT2D eigenvalue weighted by Crippen LogP contribution is 2.25. The van der Waals surface area contributed by atoms with Crippen LogP contribution in [0.15, 0.2) is 24.3 Å². The van der Waals surface area contributed by atoms with E-state index in [9.17, 15) is 18.0 Å². The molecule has 1 unspecified atom stereocenters. The third-order valence-corrected chi connectivity index (χ3v) is 5.22. The number of pyridine rings is 1. The molecule has 3 rings (SSSR count). The van der Waals surface area contributed by atoms with E-state index in [-0.39, 0.29) is 11.8 Å². The number of hydrogen-bond donors (Lipinski definition) is 2. The van der Waals surface area contributed by atoms with E-state index in [4.69, 9.17) is 10.5 Å². The summed E-state index contributed by atoms with van der Waals surface area (Å²) in [5.74, 6) is -3.55. The molecule has 0 fully saturated rings. The lowest BCUT2D eigenvalue weighted by Crippen LogP contribution is -2.47. The molecule has 0 bridgehead atoms. The molecule has 2 aromatic heterocycles. The Balaban J connectivity index is 1.91. The number of fused-ring (bicyclic) bond motifs is 1. The van der Waals surface area contributed by atoms with E-state index < -0.39 is 35.2 Å². The van der Waals surface area contributed by atoms with Crippen molar-refractivity contribution < 1.29 is 22.7 Å². The molecule has 0 aliphatic heterocycles. The lowest BCUT2D eigenvalue weighted by molar-refractivity contribution is 0.0944. The lowest BCUT2D eigenvalue weighted by Gasteiger charge is -2.24. The van der Waals surface area contributed by atoms with Gasteiger partial charge in [-0.1, -0.05) is 13.3 Å². The van der Waals surface area contributed by atoms with Gasteiger partial charge in [-0.25, -0.2) is 13.2 Å². The van der Waals surface area contributed by atoms with Crippen molar-refractivity contribution in [2.45, 2.75) is 52.7 Å². The third kappa shape index (κ3) is 4.88. The molecule has 2 heterocycles. The van der Waals surface area contributed by atoms with Crippen molar-refractivity contribution in [3.8, 4) is 5.88 Å². The molecule has 32 heavy (non-hydrogen) atoms. The van der Waals surface area contributed by atoms with E-state index in [0.29, 0.717) is 29.4 Å². The molecule has 3 N–H and O–H groups in total. The van der Waals surface area contributed by atoms with Crippen molar-refractivity contribution in [2.24, 2.45) is 5.73 Å². The van der Waals surface area contributed by atoms with Crippen LogP contribution >= 0.6 is 0 Å². The van der Waals surface area contributed by atoms with Crippen molar-refractivity contribution in [1.82, 2.24) is 14.9 Å². The smallest absolute Gasteiger partial charge is 0.255 e. The Kier molecular flexibility index (Phi) is 6.78. The van der Waals surface area contributed by atoms with E-state index in [0.717, 1.165) is 24.5 Å². The molecule has 0 saturated carbocycles. The van der Waals surface area contributed by atoms with Gasteiger partial charge in [0.2, 0.25) is 5.88 Å². The van der Waals surface area contributed by atoms with Gasteiger partial charge in [0, 0.05) is 18.2 Å². The van der Waals surface area contributed by atoms with Crippen LogP contribution in [0, 0.1) is 31.3 Å². The van der Waals surface area contributed by atoms with Gasteiger partial charge in [0.05, 0.1) is 22.3 Å². The summed E-state index contributed by atoms with van der Waals surface area (Å²) in [7, 11) is 0. The SMILES string of the molecule is CCCC(C)(N)CNC(=O)c1c(C)nn2c(OCc3c(F)ccc(F)c3F)cc(C)cc12. The first kappa shape index (κ1) is 23.6. The highest BCUT2D eigenvalue weighted by molar-refractivity contribution is 6.02. The normalized spacial score (nSPS) is 13.2. The van der Waals surface area contributed by atoms with E-state index >= 15 is 0 Å². The number of ether oxygens (including phenoxy) is 1. The quantitative estimate of drug-likeness (QED) is 0.506. The van der Waals surface area contributed by atoms with Gasteiger partial charge < -0.3 is 15.8 Å². The number of aromatic nitrogens is 2. The Labute approximate surface area is 184 Å². The van der Waals surface area contributed by atoms with Gasteiger partial charge in [-0.15, -0.1) is 0 Å². The number of rotatable bonds is 8. The summed E-state index contributed by atoms with van der Waals surface area (Å²) in [5, 5.41) is 7.23. The van der Waals surface area contributed by atoms with Crippen LogP contribution < -0.4 is 15.8 Å². The van der Waals surface area contributed by atoms with E-state index in [1.165, 1.54) is 4.52 Å². The topological polar surface area (TPSA) is 81.6 Å². The second kappa shape index (κ2) is 9.20. The first-order valence-electron chi connectivity index (χ1n) is 10.4. The maximum absolute atomic E-state index is 14.0. The second-order valence-corrected chi connectivity index (χ2v) is 8.33. The summed E-state index contributed by atoms with van der Waals surface area (Å²) < 4.78 is 48.4. The van der Waals surface area contributed by atoms with Gasteiger partial charge in [-0.2, -0.15) is 9.61 Å². The fourth-order valence-electron chi connectivity index (χ4n) is 3.62. The Morgan fingerprint density at radius 3 is 2.59 bits per heavy atom. The maximum Gasteiger partial charge on any atom is 0.255 e. The van der Waals surface area contributed by atoms with Crippen LogP contribution in [0.25, 0.3) is 5.52 Å². The van der Waals surface area contributed by atoms with Gasteiger partial charge in [0.15, 0.2) is 11.6 Å². The number of hydrogen-bond acceptors (Lipinski definition) is 4. The van der Waals surface area contributed by atoms with Crippen molar-refractivity contribution >= 4 is 11.4 Å². The van der Waals surface area contributed by atoms with Crippen LogP contribution in [-0.2, 0) is 6.61 Å². The highest BCUT2D eigenvalue weighted by atomic mass is 19.2. The molecule has 1 atom stereocenters. The summed E-state index contributed by atoms with van der Waals surface area (Å²) in [5.41, 5.74) is 7.18. The molecule has 0 aliphatic carbocycles. The predicted molar refractivity (Wildman–Crippen MR) is 115 cm³/mol. The molecular formula is C23H27F3N4O2. The number of carbonyl (C=O) groups excluding carboxylic acids is 1. The number of aryl methyl sites for hydroxylation is 2. The number of carbonyl (C=O) groups is 1. The number of benzene rings is 1. The fraction of sp³-hybridized carbons (Fsp3) is 0.391. The van der Waals surface area contributed by atoms with Gasteiger partial charge in [-0.3, -0.25) is 4.79 Å². The van der Waals surface area contributed by atoms with Crippen molar-refractivity contribution in [3.63, 3.8) is 0 Å². The average molecular weight is 448 g/mol. The largest absolute Gasteiger partial charge is 0.473 e. The minimum Gasteiger partial charge on any atom is -0.473 e. The Bertz CT molecular complexity index is 1160. The van der Waals surface area contributed by atoms with E-state index in [1.807, 2.05) is 13.8 Å². The molecule has 3 aromatic rings. The van der Waals surface area contributed by atoms with Crippen LogP contribution in [0.3, 0.4) is 0 Å². The van der Waals surface area contributed by atoms with Crippen LogP contribution in [0.2, 0.25) is 0 Å². The zero-order valence-electron chi connectivity index (χ0n) is 18.6. The number of nitrogens with zero attached hydrogens (tertiary/aromatic N) is 2. The Morgan fingerprint density at radius 1 is 1.22 bits per heavy atom. The fourth-order valence-corrected chi connectivity index (χ4v) is 3.62. The Morgan fingerprint density at radius 2 is 1.91 bits per heavy atom. The molecule has 0 saturated heterocycles. The van der Waals surface area contributed by atoms with Gasteiger partial charge >= 0.3 is 0 Å². The molecule has 172 valence electrons. The molecule has 1 aromatic carbocycles. The van der Waals surface area contributed by atoms with Crippen molar-refractivity contribution in [1.29, 1.82) is 0 Å². The third-order valence-electron chi connectivity index (χ3n) is 5.22. The summed E-state index contributed by atoms with van der Waals surface area (Å²) in [6.45, 7) is 7.12. The zero-order chi connectivity index (χ0) is 23.6. The molecule has 0 spiro atoms. The predicted octanol–water partition coefficient (Wildman–Crippen LogP) is 4.19. The second-order valence-electron chi connectivity index (χ2n) is 8.33. The molecule has 1 amide bonds. The summed E-state index contributed by atoms with van der Waals surface area (Å²) in [6.07, 6.45) is 1.65. The van der Waals surface area contributed by atoms with Crippen LogP contribution in [0.4, 0.5) is 13.2 Å². The first-order valence-corrected chi connectivity index (χ1v) is 10.4.